The molecule has 67 heavy (non-hydrogen) atoms. The number of carbonyl (C=O) groups is 8. The minimum absolute atomic E-state index is 0.00161. The minimum atomic E-state index is -1.49. The third-order valence-electron chi connectivity index (χ3n) is 12.6. The second-order valence-corrected chi connectivity index (χ2v) is 18.6. The number of rotatable bonds is 13. The first-order chi connectivity index (χ1) is 31.8. The Morgan fingerprint density at radius 1 is 0.701 bits per heavy atom. The molecule has 0 bridgehead atoms. The van der Waals surface area contributed by atoms with Gasteiger partial charge in [0.1, 0.15) is 60.4 Å². The molecule has 0 spiro atoms. The van der Waals surface area contributed by atoms with Crippen molar-refractivity contribution in [1.29, 1.82) is 0 Å². The lowest BCUT2D eigenvalue weighted by Gasteiger charge is -2.32. The Bertz CT molecular complexity index is 2140. The molecule has 3 saturated heterocycles. The van der Waals surface area contributed by atoms with E-state index in [1.54, 1.807) is 43.3 Å². The van der Waals surface area contributed by atoms with Crippen molar-refractivity contribution in [2.45, 2.75) is 142 Å². The van der Waals surface area contributed by atoms with Crippen LogP contribution in [0.25, 0.3) is 0 Å². The molecule has 18 nitrogen and oxygen atoms in total. The average molecular weight is 929 g/mol. The number of nitrogens with zero attached hydrogens (tertiary/aromatic N) is 2. The van der Waals surface area contributed by atoms with E-state index in [4.69, 9.17) is 10.5 Å². The Hall–Kier alpha value is -6.46. The first-order valence-electron chi connectivity index (χ1n) is 23.4. The summed E-state index contributed by atoms with van der Waals surface area (Å²) in [4.78, 5) is 116. The Kier molecular flexibility index (Phi) is 18.3. The zero-order valence-electron chi connectivity index (χ0n) is 39.5. The van der Waals surface area contributed by atoms with Crippen molar-refractivity contribution in [3.8, 4) is 11.5 Å². The van der Waals surface area contributed by atoms with Crippen LogP contribution in [-0.2, 0) is 51.2 Å². The molecule has 18 heteroatoms. The number of phenolic OH excluding ortho intramolecular Hbond substituents is 1. The third-order valence-corrected chi connectivity index (χ3v) is 12.6. The van der Waals surface area contributed by atoms with Crippen LogP contribution in [0.15, 0.2) is 60.2 Å². The molecular weight excluding hydrogens is 861 g/mol. The number of benzene rings is 2. The van der Waals surface area contributed by atoms with Gasteiger partial charge in [-0.2, -0.15) is 0 Å². The van der Waals surface area contributed by atoms with Gasteiger partial charge in [-0.15, -0.1) is 0 Å². The van der Waals surface area contributed by atoms with Crippen molar-refractivity contribution >= 4 is 47.3 Å². The van der Waals surface area contributed by atoms with Crippen LogP contribution in [-0.4, -0.2) is 124 Å². The predicted octanol–water partition coefficient (Wildman–Crippen LogP) is 1.91. The van der Waals surface area contributed by atoms with Gasteiger partial charge < -0.3 is 52.0 Å². The fourth-order valence-corrected chi connectivity index (χ4v) is 8.68. The summed E-state index contributed by atoms with van der Waals surface area (Å²) in [6.07, 6.45) is 3.16. The van der Waals surface area contributed by atoms with Gasteiger partial charge in [0.15, 0.2) is 0 Å². The van der Waals surface area contributed by atoms with Gasteiger partial charge in [-0.3, -0.25) is 38.4 Å². The second-order valence-electron chi connectivity index (χ2n) is 18.6. The van der Waals surface area contributed by atoms with Crippen LogP contribution in [0.1, 0.15) is 97.6 Å². The van der Waals surface area contributed by atoms with Crippen molar-refractivity contribution < 1.29 is 48.2 Å². The van der Waals surface area contributed by atoms with Gasteiger partial charge in [-0.25, -0.2) is 0 Å². The van der Waals surface area contributed by atoms with Crippen LogP contribution >= 0.6 is 0 Å². The number of phenols is 1. The summed E-state index contributed by atoms with van der Waals surface area (Å²) in [5, 5.41) is 24.0. The molecule has 0 saturated carbocycles. The molecule has 8 atom stereocenters. The fraction of sp³-hybridized carbons (Fsp3) is 0.551. The van der Waals surface area contributed by atoms with Gasteiger partial charge in [-0.05, 0) is 99.3 Å². The molecule has 364 valence electrons. The van der Waals surface area contributed by atoms with Crippen LogP contribution < -0.4 is 37.1 Å². The Morgan fingerprint density at radius 3 is 1.75 bits per heavy atom. The Balaban J connectivity index is 1.57. The molecular formula is C49H68N8O10. The number of allylic oxidation sites excluding steroid dienone is 1. The number of nitrogens with two attached hydrogens (primary N) is 1. The van der Waals surface area contributed by atoms with E-state index >= 15 is 0 Å². The number of carbonyl (C=O) groups excluding carboxylic acids is 8. The number of aromatic hydroxyl groups is 1. The SMILES string of the molecule is CCC(C)C1NC(=O)C2CCCN2C(=O)C(Cc2ccc(O)cc2)NC(=O)C(CC(C)C)NC(=O)C(Cc2ccc(OCC=C(C)C)cc2)NC(=O)C2CCCN2C(=O)C(CC(N)=O)NC1=O. The van der Waals surface area contributed by atoms with Crippen molar-refractivity contribution in [2.24, 2.45) is 17.6 Å². The second kappa shape index (κ2) is 23.8. The van der Waals surface area contributed by atoms with E-state index in [1.165, 1.54) is 21.9 Å². The van der Waals surface area contributed by atoms with E-state index in [0.29, 0.717) is 42.7 Å². The standard InChI is InChI=1S/C49H68N8O10/c1-7-30(6)42-47(64)54-38(27-41(50)59)49(66)56-21-8-10-39(56)45(62)52-36(25-32-14-18-34(19-15-32)67-23-20-28(2)3)44(61)51-35(24-29(4)5)43(60)53-37(26-31-12-16-33(58)17-13-31)48(65)57-22-9-11-40(57)46(63)55-42/h12-20,29-30,35-40,42,58H,7-11,21-27H2,1-6H3,(H2,50,59)(H,51,61)(H,52,62)(H,53,60)(H,54,64)(H,55,63). The zero-order valence-corrected chi connectivity index (χ0v) is 39.5. The maximum absolute atomic E-state index is 14.7. The third kappa shape index (κ3) is 14.3. The molecule has 8 unspecified atom stereocenters. The fourth-order valence-electron chi connectivity index (χ4n) is 8.68. The minimum Gasteiger partial charge on any atom is -0.508 e. The van der Waals surface area contributed by atoms with Crippen LogP contribution in [0.4, 0.5) is 0 Å². The lowest BCUT2D eigenvalue weighted by Crippen LogP contribution is -2.60. The van der Waals surface area contributed by atoms with E-state index in [9.17, 15) is 43.5 Å². The maximum Gasteiger partial charge on any atom is 0.246 e. The molecule has 0 radical (unpaired) electrons. The number of hydrogen-bond acceptors (Lipinski definition) is 10. The highest BCUT2D eigenvalue weighted by Gasteiger charge is 2.43. The van der Waals surface area contributed by atoms with Gasteiger partial charge in [0.25, 0.3) is 0 Å². The molecule has 3 aliphatic rings. The Labute approximate surface area is 392 Å². The average Bonchev–Trinajstić information content (AvgIpc) is 3.98. The Morgan fingerprint density at radius 2 is 1.19 bits per heavy atom. The maximum atomic E-state index is 14.7. The first-order valence-corrected chi connectivity index (χ1v) is 23.4. The number of nitrogens with one attached hydrogen (secondary N) is 5. The highest BCUT2D eigenvalue weighted by atomic mass is 16.5. The molecule has 2 aromatic rings. The molecule has 5 rings (SSSR count). The van der Waals surface area contributed by atoms with Crippen LogP contribution in [0, 0.1) is 11.8 Å². The van der Waals surface area contributed by atoms with Crippen LogP contribution in [0.2, 0.25) is 0 Å². The number of hydrogen-bond donors (Lipinski definition) is 7. The van der Waals surface area contributed by atoms with E-state index < -0.39 is 102 Å². The first kappa shape index (κ1) is 51.5. The smallest absolute Gasteiger partial charge is 0.246 e. The number of fused-ring (bicyclic) bond motifs is 2. The highest BCUT2D eigenvalue weighted by molar-refractivity contribution is 6.00. The molecule has 2 aromatic carbocycles. The summed E-state index contributed by atoms with van der Waals surface area (Å²) >= 11 is 0. The monoisotopic (exact) mass is 929 g/mol. The van der Waals surface area contributed by atoms with E-state index in [0.717, 1.165) is 5.57 Å². The molecule has 0 aliphatic carbocycles. The van der Waals surface area contributed by atoms with Gasteiger partial charge in [-0.1, -0.05) is 64.0 Å². The molecule has 0 aromatic heterocycles. The van der Waals surface area contributed by atoms with Crippen molar-refractivity contribution in [3.05, 3.63) is 71.3 Å². The largest absolute Gasteiger partial charge is 0.508 e. The normalized spacial score (nSPS) is 25.1. The van der Waals surface area contributed by atoms with Crippen molar-refractivity contribution in [3.63, 3.8) is 0 Å². The molecule has 3 fully saturated rings. The summed E-state index contributed by atoms with van der Waals surface area (Å²) < 4.78 is 5.82. The van der Waals surface area contributed by atoms with Gasteiger partial charge in [0.2, 0.25) is 47.3 Å². The summed E-state index contributed by atoms with van der Waals surface area (Å²) in [6, 6.07) is 4.61. The van der Waals surface area contributed by atoms with Gasteiger partial charge in [0.05, 0.1) is 6.42 Å². The zero-order chi connectivity index (χ0) is 48.9. The van der Waals surface area contributed by atoms with E-state index in [2.05, 4.69) is 26.6 Å². The topological polar surface area (TPSA) is 259 Å². The predicted molar refractivity (Wildman–Crippen MR) is 249 cm³/mol. The summed E-state index contributed by atoms with van der Waals surface area (Å²) in [5.74, 6) is -5.65. The van der Waals surface area contributed by atoms with Crippen molar-refractivity contribution in [2.75, 3.05) is 19.7 Å². The summed E-state index contributed by atoms with van der Waals surface area (Å²) in [7, 11) is 0. The van der Waals surface area contributed by atoms with Crippen LogP contribution in [0.3, 0.4) is 0 Å². The molecule has 3 aliphatic heterocycles. The van der Waals surface area contributed by atoms with Gasteiger partial charge >= 0.3 is 0 Å². The van der Waals surface area contributed by atoms with E-state index in [-0.39, 0.29) is 56.9 Å². The highest BCUT2D eigenvalue weighted by Crippen LogP contribution is 2.24. The van der Waals surface area contributed by atoms with Crippen molar-refractivity contribution in [1.82, 2.24) is 36.4 Å². The lowest BCUT2D eigenvalue weighted by molar-refractivity contribution is -0.144. The van der Waals surface area contributed by atoms with Gasteiger partial charge in [0, 0.05) is 25.9 Å². The summed E-state index contributed by atoms with van der Waals surface area (Å²) in [6.45, 7) is 11.9. The molecule has 8 N–H and O–H groups in total. The summed E-state index contributed by atoms with van der Waals surface area (Å²) in [5.41, 5.74) is 7.94. The number of ether oxygens (including phenoxy) is 1. The van der Waals surface area contributed by atoms with E-state index in [1.807, 2.05) is 40.7 Å². The van der Waals surface area contributed by atoms with Crippen LogP contribution in [0.5, 0.6) is 11.5 Å². The molecule has 8 amide bonds. The molecule has 3 heterocycles. The quantitative estimate of drug-likeness (QED) is 0.144. The number of primary amides is 1. The lowest BCUT2D eigenvalue weighted by atomic mass is 9.96. The number of amides is 8.